The van der Waals surface area contributed by atoms with Gasteiger partial charge in [-0.3, -0.25) is 0 Å². The summed E-state index contributed by atoms with van der Waals surface area (Å²) in [5.74, 6) is -0.900. The van der Waals surface area contributed by atoms with E-state index < -0.39 is 5.97 Å². The van der Waals surface area contributed by atoms with Crippen LogP contribution in [0.3, 0.4) is 0 Å². The average molecular weight is 269 g/mol. The van der Waals surface area contributed by atoms with E-state index in [0.717, 1.165) is 12.8 Å². The molecular weight excluding hydrogens is 250 g/mol. The molecule has 3 heteroatoms. The lowest BCUT2D eigenvalue weighted by Crippen LogP contribution is -2.18. The van der Waals surface area contributed by atoms with E-state index in [-0.39, 0.29) is 6.04 Å². The first-order chi connectivity index (χ1) is 9.66. The molecule has 0 aliphatic heterocycles. The lowest BCUT2D eigenvalue weighted by molar-refractivity contribution is 0.0698. The first-order valence-electron chi connectivity index (χ1n) is 6.79. The van der Waals surface area contributed by atoms with Gasteiger partial charge in [0.15, 0.2) is 0 Å². The Kier molecular flexibility index (Phi) is 4.77. The van der Waals surface area contributed by atoms with E-state index >= 15 is 0 Å². The lowest BCUT2D eigenvalue weighted by Gasteiger charge is -2.16. The monoisotopic (exact) mass is 269 g/mol. The van der Waals surface area contributed by atoms with Crippen molar-refractivity contribution >= 4 is 11.7 Å². The zero-order valence-corrected chi connectivity index (χ0v) is 11.5. The van der Waals surface area contributed by atoms with Gasteiger partial charge < -0.3 is 10.4 Å². The molecule has 20 heavy (non-hydrogen) atoms. The number of rotatable bonds is 6. The third-order valence-electron chi connectivity index (χ3n) is 3.27. The van der Waals surface area contributed by atoms with E-state index in [2.05, 4.69) is 24.4 Å². The largest absolute Gasteiger partial charge is 0.478 e. The number of carboxylic acids is 1. The molecule has 0 aliphatic carbocycles. The summed E-state index contributed by atoms with van der Waals surface area (Å²) in [5.41, 5.74) is 2.30. The smallest absolute Gasteiger partial charge is 0.337 e. The summed E-state index contributed by atoms with van der Waals surface area (Å²) in [6.45, 7) is 2.07. The van der Waals surface area contributed by atoms with Gasteiger partial charge in [0.2, 0.25) is 0 Å². The van der Waals surface area contributed by atoms with Crippen LogP contribution >= 0.6 is 0 Å². The Bertz CT molecular complexity index is 566. The Labute approximate surface area is 119 Å². The minimum atomic E-state index is -0.900. The van der Waals surface area contributed by atoms with E-state index in [1.807, 2.05) is 30.3 Å². The molecule has 3 nitrogen and oxygen atoms in total. The van der Waals surface area contributed by atoms with Crippen LogP contribution in [0.25, 0.3) is 0 Å². The lowest BCUT2D eigenvalue weighted by atomic mass is 10.1. The van der Waals surface area contributed by atoms with Crippen molar-refractivity contribution in [2.75, 3.05) is 5.32 Å². The molecule has 0 aromatic heterocycles. The molecule has 1 unspecified atom stereocenters. The van der Waals surface area contributed by atoms with Crippen molar-refractivity contribution in [1.29, 1.82) is 0 Å². The fourth-order valence-electron chi connectivity index (χ4n) is 2.16. The van der Waals surface area contributed by atoms with Gasteiger partial charge in [-0.1, -0.05) is 42.5 Å². The van der Waals surface area contributed by atoms with Crippen LogP contribution in [0.15, 0.2) is 54.6 Å². The Morgan fingerprint density at radius 3 is 2.45 bits per heavy atom. The van der Waals surface area contributed by atoms with Gasteiger partial charge in [0.25, 0.3) is 0 Å². The van der Waals surface area contributed by atoms with Crippen molar-refractivity contribution in [2.24, 2.45) is 0 Å². The Morgan fingerprint density at radius 1 is 1.10 bits per heavy atom. The molecule has 0 aliphatic rings. The topological polar surface area (TPSA) is 49.3 Å². The predicted octanol–water partition coefficient (Wildman–Crippen LogP) is 3.82. The zero-order chi connectivity index (χ0) is 14.4. The van der Waals surface area contributed by atoms with Crippen molar-refractivity contribution in [3.8, 4) is 0 Å². The molecule has 1 atom stereocenters. The number of para-hydroxylation sites is 1. The van der Waals surface area contributed by atoms with Gasteiger partial charge >= 0.3 is 5.97 Å². The molecule has 0 bridgehead atoms. The van der Waals surface area contributed by atoms with Crippen LogP contribution in [0.5, 0.6) is 0 Å². The van der Waals surface area contributed by atoms with Crippen LogP contribution in [0.1, 0.15) is 29.3 Å². The molecule has 0 radical (unpaired) electrons. The van der Waals surface area contributed by atoms with E-state index in [1.54, 1.807) is 12.1 Å². The molecule has 104 valence electrons. The fourth-order valence-corrected chi connectivity index (χ4v) is 2.16. The van der Waals surface area contributed by atoms with Gasteiger partial charge in [-0.05, 0) is 37.5 Å². The Balaban J connectivity index is 1.95. The number of carbonyl (C=O) groups is 1. The average Bonchev–Trinajstić information content (AvgIpc) is 2.46. The third kappa shape index (κ3) is 3.85. The van der Waals surface area contributed by atoms with Gasteiger partial charge in [-0.2, -0.15) is 0 Å². The van der Waals surface area contributed by atoms with E-state index in [1.165, 1.54) is 5.56 Å². The van der Waals surface area contributed by atoms with Crippen molar-refractivity contribution in [3.05, 3.63) is 65.7 Å². The number of hydrogen-bond donors (Lipinski definition) is 2. The molecule has 0 fully saturated rings. The maximum Gasteiger partial charge on any atom is 0.337 e. The maximum atomic E-state index is 11.1. The molecular formula is C17H19NO2. The van der Waals surface area contributed by atoms with E-state index in [4.69, 9.17) is 5.11 Å². The molecule has 2 N–H and O–H groups in total. The number of hydrogen-bond acceptors (Lipinski definition) is 2. The summed E-state index contributed by atoms with van der Waals surface area (Å²) in [6, 6.07) is 17.5. The van der Waals surface area contributed by atoms with E-state index in [9.17, 15) is 4.79 Å². The normalized spacial score (nSPS) is 11.8. The van der Waals surface area contributed by atoms with Crippen molar-refractivity contribution in [1.82, 2.24) is 0 Å². The summed E-state index contributed by atoms with van der Waals surface area (Å²) >= 11 is 0. The van der Waals surface area contributed by atoms with E-state index in [0.29, 0.717) is 11.3 Å². The second-order valence-corrected chi connectivity index (χ2v) is 4.92. The summed E-state index contributed by atoms with van der Waals surface area (Å²) in [6.07, 6.45) is 1.93. The summed E-state index contributed by atoms with van der Waals surface area (Å²) in [5, 5.41) is 12.4. The maximum absolute atomic E-state index is 11.1. The van der Waals surface area contributed by atoms with Gasteiger partial charge in [0, 0.05) is 11.7 Å². The van der Waals surface area contributed by atoms with Gasteiger partial charge in [0.1, 0.15) is 0 Å². The predicted molar refractivity (Wildman–Crippen MR) is 81.2 cm³/mol. The Hall–Kier alpha value is -2.29. The van der Waals surface area contributed by atoms with Crippen molar-refractivity contribution < 1.29 is 9.90 Å². The molecule has 2 rings (SSSR count). The van der Waals surface area contributed by atoms with Crippen LogP contribution in [-0.4, -0.2) is 17.1 Å². The highest BCUT2D eigenvalue weighted by molar-refractivity contribution is 5.94. The molecule has 0 saturated carbocycles. The molecule has 0 spiro atoms. The second-order valence-electron chi connectivity index (χ2n) is 4.92. The van der Waals surface area contributed by atoms with Gasteiger partial charge in [-0.25, -0.2) is 4.79 Å². The molecule has 2 aromatic carbocycles. The number of carboxylic acid groups (broad SMARTS) is 1. The van der Waals surface area contributed by atoms with Crippen LogP contribution in [0.2, 0.25) is 0 Å². The van der Waals surface area contributed by atoms with Crippen molar-refractivity contribution in [3.63, 3.8) is 0 Å². The third-order valence-corrected chi connectivity index (χ3v) is 3.27. The standard InChI is InChI=1S/C17H19NO2/c1-13(11-12-14-7-3-2-4-8-14)18-16-10-6-5-9-15(16)17(19)20/h2-10,13,18H,11-12H2,1H3,(H,19,20). The second kappa shape index (κ2) is 6.75. The number of benzene rings is 2. The summed E-state index contributed by atoms with van der Waals surface area (Å²) in [4.78, 5) is 11.1. The number of anilines is 1. The molecule has 2 aromatic rings. The fraction of sp³-hybridized carbons (Fsp3) is 0.235. The molecule has 0 amide bonds. The van der Waals surface area contributed by atoms with Crippen LogP contribution in [0.4, 0.5) is 5.69 Å². The van der Waals surface area contributed by atoms with Crippen LogP contribution in [0, 0.1) is 0 Å². The Morgan fingerprint density at radius 2 is 1.75 bits per heavy atom. The van der Waals surface area contributed by atoms with Gasteiger partial charge in [0.05, 0.1) is 5.56 Å². The summed E-state index contributed by atoms with van der Waals surface area (Å²) < 4.78 is 0. The van der Waals surface area contributed by atoms with Crippen LogP contribution in [-0.2, 0) is 6.42 Å². The molecule has 0 heterocycles. The summed E-state index contributed by atoms with van der Waals surface area (Å²) in [7, 11) is 0. The van der Waals surface area contributed by atoms with Gasteiger partial charge in [-0.15, -0.1) is 0 Å². The first kappa shape index (κ1) is 14.1. The first-order valence-corrected chi connectivity index (χ1v) is 6.79. The minimum absolute atomic E-state index is 0.218. The SMILES string of the molecule is CC(CCc1ccccc1)Nc1ccccc1C(=O)O. The molecule has 0 saturated heterocycles. The highest BCUT2D eigenvalue weighted by atomic mass is 16.4. The highest BCUT2D eigenvalue weighted by Gasteiger charge is 2.11. The van der Waals surface area contributed by atoms with Crippen LogP contribution < -0.4 is 5.32 Å². The van der Waals surface area contributed by atoms with Crippen molar-refractivity contribution in [2.45, 2.75) is 25.8 Å². The zero-order valence-electron chi connectivity index (χ0n) is 11.5. The number of aromatic carboxylic acids is 1. The minimum Gasteiger partial charge on any atom is -0.478 e. The number of aryl methyl sites for hydroxylation is 1. The highest BCUT2D eigenvalue weighted by Crippen LogP contribution is 2.17. The number of nitrogens with one attached hydrogen (secondary N) is 1. The quantitative estimate of drug-likeness (QED) is 0.838.